The molecule has 0 atom stereocenters. The number of carbonyl (C=O) groups is 1. The van der Waals surface area contributed by atoms with Crippen LogP contribution in [0.2, 0.25) is 0 Å². The zero-order chi connectivity index (χ0) is 13.9. The summed E-state index contributed by atoms with van der Waals surface area (Å²) < 4.78 is 0. The topological polar surface area (TPSA) is 41.1 Å². The van der Waals surface area contributed by atoms with Gasteiger partial charge in [-0.3, -0.25) is 4.79 Å². The molecule has 0 saturated carbocycles. The van der Waals surface area contributed by atoms with Crippen molar-refractivity contribution in [2.45, 2.75) is 66.7 Å². The molecule has 0 saturated heterocycles. The fourth-order valence-corrected chi connectivity index (χ4v) is 0.780. The van der Waals surface area contributed by atoms with Crippen molar-refractivity contribution in [2.75, 3.05) is 20.1 Å². The molecule has 3 nitrogen and oxygen atoms in total. The van der Waals surface area contributed by atoms with E-state index in [0.717, 1.165) is 25.9 Å². The Hall–Kier alpha value is -0.570. The normalized spacial score (nSPS) is 8.35. The lowest BCUT2D eigenvalue weighted by molar-refractivity contribution is -0.120. The van der Waals surface area contributed by atoms with Gasteiger partial charge in [-0.1, -0.05) is 47.5 Å². The molecule has 2 N–H and O–H groups in total. The molecular weight excluding hydrogens is 212 g/mol. The van der Waals surface area contributed by atoms with Crippen LogP contribution in [0.5, 0.6) is 0 Å². The van der Waals surface area contributed by atoms with Crippen LogP contribution in [0.3, 0.4) is 0 Å². The Labute approximate surface area is 109 Å². The van der Waals surface area contributed by atoms with Crippen LogP contribution >= 0.6 is 0 Å². The Morgan fingerprint density at radius 1 is 0.941 bits per heavy atom. The summed E-state index contributed by atoms with van der Waals surface area (Å²) in [6.07, 6.45) is 5.42. The number of rotatable bonds is 7. The highest BCUT2D eigenvalue weighted by molar-refractivity contribution is 5.75. The van der Waals surface area contributed by atoms with Gasteiger partial charge in [-0.25, -0.2) is 0 Å². The number of hydrogen-bond donors (Lipinski definition) is 2. The Morgan fingerprint density at radius 2 is 1.41 bits per heavy atom. The van der Waals surface area contributed by atoms with Crippen molar-refractivity contribution in [3.63, 3.8) is 0 Å². The van der Waals surface area contributed by atoms with E-state index >= 15 is 0 Å². The molecule has 0 aliphatic carbocycles. The Bertz CT molecular complexity index is 125. The van der Waals surface area contributed by atoms with Crippen molar-refractivity contribution in [3.05, 3.63) is 0 Å². The predicted molar refractivity (Wildman–Crippen MR) is 78.4 cm³/mol. The van der Waals surface area contributed by atoms with Crippen LogP contribution in [0.1, 0.15) is 66.7 Å². The number of hydrogen-bond acceptors (Lipinski definition) is 2. The van der Waals surface area contributed by atoms with E-state index in [4.69, 9.17) is 0 Å². The molecule has 0 rings (SSSR count). The molecule has 0 fully saturated rings. The van der Waals surface area contributed by atoms with E-state index in [2.05, 4.69) is 24.5 Å². The largest absolute Gasteiger partial charge is 0.356 e. The molecule has 3 heteroatoms. The van der Waals surface area contributed by atoms with Crippen LogP contribution in [0.4, 0.5) is 0 Å². The number of nitrogens with one attached hydrogen (secondary N) is 2. The highest BCUT2D eigenvalue weighted by Gasteiger charge is 1.93. The van der Waals surface area contributed by atoms with Gasteiger partial charge >= 0.3 is 0 Å². The lowest BCUT2D eigenvalue weighted by atomic mass is 10.3. The maximum absolute atomic E-state index is 10.7. The molecule has 0 aliphatic rings. The van der Waals surface area contributed by atoms with Crippen molar-refractivity contribution in [1.82, 2.24) is 10.6 Å². The highest BCUT2D eigenvalue weighted by Crippen LogP contribution is 1.84. The molecule has 0 unspecified atom stereocenters. The Morgan fingerprint density at radius 3 is 1.76 bits per heavy atom. The molecule has 0 spiro atoms. The van der Waals surface area contributed by atoms with Crippen LogP contribution in [0.25, 0.3) is 0 Å². The van der Waals surface area contributed by atoms with Crippen molar-refractivity contribution in [3.8, 4) is 0 Å². The monoisotopic (exact) mass is 246 g/mol. The maximum Gasteiger partial charge on any atom is 0.219 e. The fourth-order valence-electron chi connectivity index (χ4n) is 0.780. The average Bonchev–Trinajstić information content (AvgIpc) is 2.40. The van der Waals surface area contributed by atoms with Crippen LogP contribution in [-0.4, -0.2) is 26.0 Å². The van der Waals surface area contributed by atoms with Gasteiger partial charge < -0.3 is 10.6 Å². The van der Waals surface area contributed by atoms with Gasteiger partial charge in [-0.2, -0.15) is 0 Å². The van der Waals surface area contributed by atoms with Crippen LogP contribution in [-0.2, 0) is 4.79 Å². The predicted octanol–water partition coefficient (Wildman–Crippen LogP) is 3.34. The van der Waals surface area contributed by atoms with Crippen LogP contribution in [0, 0.1) is 0 Å². The SMILES string of the molecule is CC.CCC(=O)NCCCCNC.CCCC. The molecular formula is C14H34N2O. The lowest BCUT2D eigenvalue weighted by Crippen LogP contribution is -2.23. The maximum atomic E-state index is 10.7. The first-order chi connectivity index (χ1) is 8.22. The zero-order valence-corrected chi connectivity index (χ0v) is 12.9. The summed E-state index contributed by atoms with van der Waals surface area (Å²) in [5.41, 5.74) is 0. The van der Waals surface area contributed by atoms with E-state index < -0.39 is 0 Å². The van der Waals surface area contributed by atoms with Gasteiger partial charge in [-0.05, 0) is 26.4 Å². The highest BCUT2D eigenvalue weighted by atomic mass is 16.1. The molecule has 0 aromatic carbocycles. The van der Waals surface area contributed by atoms with E-state index in [1.165, 1.54) is 12.8 Å². The van der Waals surface area contributed by atoms with E-state index in [1.54, 1.807) is 0 Å². The zero-order valence-electron chi connectivity index (χ0n) is 12.9. The quantitative estimate of drug-likeness (QED) is 0.676. The van der Waals surface area contributed by atoms with Gasteiger partial charge in [-0.15, -0.1) is 0 Å². The van der Waals surface area contributed by atoms with Gasteiger partial charge in [0, 0.05) is 13.0 Å². The Kier molecular flexibility index (Phi) is 31.4. The first kappa shape index (κ1) is 21.7. The van der Waals surface area contributed by atoms with Crippen molar-refractivity contribution < 1.29 is 4.79 Å². The van der Waals surface area contributed by atoms with E-state index in [0.29, 0.717) is 6.42 Å². The van der Waals surface area contributed by atoms with Gasteiger partial charge in [0.2, 0.25) is 5.91 Å². The van der Waals surface area contributed by atoms with E-state index in [1.807, 2.05) is 27.8 Å². The summed E-state index contributed by atoms with van der Waals surface area (Å²) in [7, 11) is 1.94. The second kappa shape index (κ2) is 24.6. The second-order valence-electron chi connectivity index (χ2n) is 3.51. The molecule has 0 radical (unpaired) electrons. The third-order valence-corrected chi connectivity index (χ3v) is 2.00. The first-order valence-corrected chi connectivity index (χ1v) is 7.14. The summed E-state index contributed by atoms with van der Waals surface area (Å²) in [6, 6.07) is 0. The van der Waals surface area contributed by atoms with Gasteiger partial charge in [0.15, 0.2) is 0 Å². The smallest absolute Gasteiger partial charge is 0.219 e. The molecule has 0 heterocycles. The molecule has 106 valence electrons. The summed E-state index contributed by atoms with van der Waals surface area (Å²) in [5.74, 6) is 0.148. The van der Waals surface area contributed by atoms with Crippen molar-refractivity contribution >= 4 is 5.91 Å². The third-order valence-electron chi connectivity index (χ3n) is 2.00. The summed E-state index contributed by atoms with van der Waals surface area (Å²) in [5, 5.41) is 5.88. The van der Waals surface area contributed by atoms with Crippen LogP contribution < -0.4 is 10.6 Å². The molecule has 0 bridgehead atoms. The third kappa shape index (κ3) is 31.3. The minimum Gasteiger partial charge on any atom is -0.356 e. The minimum atomic E-state index is 0.148. The molecule has 0 aromatic rings. The number of amides is 1. The van der Waals surface area contributed by atoms with Crippen molar-refractivity contribution in [2.24, 2.45) is 0 Å². The lowest BCUT2D eigenvalue weighted by Gasteiger charge is -2.02. The van der Waals surface area contributed by atoms with Gasteiger partial charge in [0.1, 0.15) is 0 Å². The number of carbonyl (C=O) groups excluding carboxylic acids is 1. The standard InChI is InChI=1S/C8H18N2O.C4H10.C2H6/c1-3-8(11)10-7-5-4-6-9-2;1-3-4-2;1-2/h9H,3-7H2,1-2H3,(H,10,11);3-4H2,1-2H3;1-2H3. The van der Waals surface area contributed by atoms with Gasteiger partial charge in [0.25, 0.3) is 0 Å². The van der Waals surface area contributed by atoms with Crippen LogP contribution in [0.15, 0.2) is 0 Å². The van der Waals surface area contributed by atoms with E-state index in [-0.39, 0.29) is 5.91 Å². The number of unbranched alkanes of at least 4 members (excludes halogenated alkanes) is 2. The average molecular weight is 246 g/mol. The fraction of sp³-hybridized carbons (Fsp3) is 0.929. The molecule has 17 heavy (non-hydrogen) atoms. The Balaban J connectivity index is -0.000000275. The summed E-state index contributed by atoms with van der Waals surface area (Å²) >= 11 is 0. The summed E-state index contributed by atoms with van der Waals surface area (Å²) in [6.45, 7) is 12.1. The van der Waals surface area contributed by atoms with Crippen molar-refractivity contribution in [1.29, 1.82) is 0 Å². The molecule has 1 amide bonds. The minimum absolute atomic E-state index is 0.148. The van der Waals surface area contributed by atoms with Gasteiger partial charge in [0.05, 0.1) is 0 Å². The molecule has 0 aliphatic heterocycles. The van der Waals surface area contributed by atoms with E-state index in [9.17, 15) is 4.79 Å². The first-order valence-electron chi connectivity index (χ1n) is 7.14. The molecule has 0 aromatic heterocycles. The summed E-state index contributed by atoms with van der Waals surface area (Å²) in [4.78, 5) is 10.7. The second-order valence-corrected chi connectivity index (χ2v) is 3.51.